The van der Waals surface area contributed by atoms with Crippen molar-refractivity contribution in [3.63, 3.8) is 0 Å². The SMILES string of the molecule is CS(=O)(=O)CCN1CC(c2cccc(CF)c2)N(c2ccc(Oc3ccc(Cl)cc3)cc2)C1=NC#N. The van der Waals surface area contributed by atoms with E-state index in [1.807, 2.05) is 29.3 Å². The third-order valence-corrected chi connectivity index (χ3v) is 6.92. The summed E-state index contributed by atoms with van der Waals surface area (Å²) >= 11 is 5.94. The van der Waals surface area contributed by atoms with Gasteiger partial charge in [0.15, 0.2) is 0 Å². The molecule has 0 spiro atoms. The van der Waals surface area contributed by atoms with Crippen LogP contribution in [0.3, 0.4) is 0 Å². The van der Waals surface area contributed by atoms with Gasteiger partial charge in [0.2, 0.25) is 12.2 Å². The number of rotatable bonds is 8. The van der Waals surface area contributed by atoms with Crippen molar-refractivity contribution < 1.29 is 17.5 Å². The molecular formula is C26H24ClFN4O3S. The summed E-state index contributed by atoms with van der Waals surface area (Å²) in [4.78, 5) is 7.68. The number of sulfone groups is 1. The molecule has 0 aliphatic carbocycles. The molecule has 1 unspecified atom stereocenters. The number of ether oxygens (including phenoxy) is 1. The zero-order valence-electron chi connectivity index (χ0n) is 19.5. The van der Waals surface area contributed by atoms with Gasteiger partial charge in [-0.25, -0.2) is 12.8 Å². The Hall–Kier alpha value is -3.61. The van der Waals surface area contributed by atoms with E-state index < -0.39 is 16.5 Å². The predicted octanol–water partition coefficient (Wildman–Crippen LogP) is 5.35. The molecular weight excluding hydrogens is 503 g/mol. The van der Waals surface area contributed by atoms with Gasteiger partial charge in [-0.05, 0) is 59.7 Å². The summed E-state index contributed by atoms with van der Waals surface area (Å²) < 4.78 is 43.0. The Morgan fingerprint density at radius 2 is 1.78 bits per heavy atom. The maximum Gasteiger partial charge on any atom is 0.217 e. The fourth-order valence-corrected chi connectivity index (χ4v) is 4.73. The summed E-state index contributed by atoms with van der Waals surface area (Å²) in [5.41, 5.74) is 2.09. The van der Waals surface area contributed by atoms with E-state index in [2.05, 4.69) is 4.99 Å². The monoisotopic (exact) mass is 526 g/mol. The summed E-state index contributed by atoms with van der Waals surface area (Å²) in [6, 6.07) is 21.1. The highest BCUT2D eigenvalue weighted by atomic mass is 35.5. The van der Waals surface area contributed by atoms with Crippen molar-refractivity contribution in [3.05, 3.63) is 88.9 Å². The molecule has 186 valence electrons. The second-order valence-electron chi connectivity index (χ2n) is 8.40. The van der Waals surface area contributed by atoms with Gasteiger partial charge in [-0.15, -0.1) is 4.99 Å². The predicted molar refractivity (Wildman–Crippen MR) is 139 cm³/mol. The third kappa shape index (κ3) is 6.14. The minimum atomic E-state index is -3.24. The molecule has 0 N–H and O–H groups in total. The van der Waals surface area contributed by atoms with Gasteiger partial charge in [-0.3, -0.25) is 0 Å². The van der Waals surface area contributed by atoms with Crippen LogP contribution in [0.2, 0.25) is 5.02 Å². The topological polar surface area (TPSA) is 86.0 Å². The van der Waals surface area contributed by atoms with Gasteiger partial charge in [-0.1, -0.05) is 35.9 Å². The number of aliphatic imine (C=N–C) groups is 1. The van der Waals surface area contributed by atoms with Gasteiger partial charge < -0.3 is 14.5 Å². The van der Waals surface area contributed by atoms with E-state index in [0.717, 1.165) is 11.3 Å². The van der Waals surface area contributed by atoms with Crippen LogP contribution in [0.5, 0.6) is 11.5 Å². The highest BCUT2D eigenvalue weighted by Gasteiger charge is 2.38. The number of halogens is 2. The van der Waals surface area contributed by atoms with Gasteiger partial charge in [0.05, 0.1) is 11.8 Å². The Labute approximate surface area is 214 Å². The van der Waals surface area contributed by atoms with E-state index >= 15 is 0 Å². The van der Waals surface area contributed by atoms with Crippen molar-refractivity contribution >= 4 is 33.1 Å². The van der Waals surface area contributed by atoms with Crippen molar-refractivity contribution in [2.45, 2.75) is 12.7 Å². The van der Waals surface area contributed by atoms with E-state index in [0.29, 0.717) is 34.6 Å². The summed E-state index contributed by atoms with van der Waals surface area (Å²) in [6.45, 7) is -0.0457. The number of hydrogen-bond acceptors (Lipinski definition) is 5. The third-order valence-electron chi connectivity index (χ3n) is 5.74. The summed E-state index contributed by atoms with van der Waals surface area (Å²) in [5.74, 6) is 1.48. The van der Waals surface area contributed by atoms with E-state index in [9.17, 15) is 18.1 Å². The molecule has 0 radical (unpaired) electrons. The number of nitrogens with zero attached hydrogens (tertiary/aromatic N) is 4. The highest BCUT2D eigenvalue weighted by Crippen LogP contribution is 2.36. The lowest BCUT2D eigenvalue weighted by molar-refractivity contribution is 0.456. The van der Waals surface area contributed by atoms with Crippen LogP contribution in [0.25, 0.3) is 0 Å². The van der Waals surface area contributed by atoms with Gasteiger partial charge in [0.25, 0.3) is 0 Å². The Kier molecular flexibility index (Phi) is 7.77. The normalized spacial score (nSPS) is 16.8. The Balaban J connectivity index is 1.69. The molecule has 7 nitrogen and oxygen atoms in total. The molecule has 10 heteroatoms. The van der Waals surface area contributed by atoms with Crippen molar-refractivity contribution in [1.82, 2.24) is 4.90 Å². The van der Waals surface area contributed by atoms with Crippen LogP contribution in [0, 0.1) is 11.5 Å². The quantitative estimate of drug-likeness (QED) is 0.368. The van der Waals surface area contributed by atoms with Crippen LogP contribution in [-0.2, 0) is 16.5 Å². The van der Waals surface area contributed by atoms with Gasteiger partial charge in [0.1, 0.15) is 28.0 Å². The molecule has 0 saturated carbocycles. The Bertz CT molecular complexity index is 1390. The molecule has 4 rings (SSSR count). The first kappa shape index (κ1) is 25.5. The Morgan fingerprint density at radius 1 is 1.11 bits per heavy atom. The van der Waals surface area contributed by atoms with Gasteiger partial charge in [0, 0.05) is 30.1 Å². The summed E-state index contributed by atoms with van der Waals surface area (Å²) in [5, 5.41) is 10.0. The van der Waals surface area contributed by atoms with E-state index in [-0.39, 0.29) is 18.3 Å². The first-order valence-corrected chi connectivity index (χ1v) is 13.6. The standard InChI is InChI=1S/C26H24ClFN4O3S/c1-36(33,34)14-13-31-17-25(20-4-2-3-19(15-20)16-28)32(26(31)30-18-29)22-7-11-24(12-8-22)35-23-9-5-21(27)6-10-23/h2-12,15,25H,13-14,16-17H2,1H3. The molecule has 1 fully saturated rings. The molecule has 36 heavy (non-hydrogen) atoms. The maximum absolute atomic E-state index is 13.4. The average molecular weight is 527 g/mol. The van der Waals surface area contributed by atoms with Crippen LogP contribution >= 0.6 is 11.6 Å². The first-order chi connectivity index (χ1) is 17.3. The number of nitriles is 1. The molecule has 3 aromatic rings. The van der Waals surface area contributed by atoms with Crippen LogP contribution < -0.4 is 9.64 Å². The second kappa shape index (κ2) is 11.0. The number of anilines is 1. The fourth-order valence-electron chi connectivity index (χ4n) is 4.05. The average Bonchev–Trinajstić information content (AvgIpc) is 3.23. The first-order valence-electron chi connectivity index (χ1n) is 11.1. The molecule has 0 amide bonds. The van der Waals surface area contributed by atoms with Crippen molar-refractivity contribution in [2.75, 3.05) is 30.0 Å². The van der Waals surface area contributed by atoms with Crippen molar-refractivity contribution in [1.29, 1.82) is 5.26 Å². The van der Waals surface area contributed by atoms with Crippen LogP contribution in [0.1, 0.15) is 17.2 Å². The lowest BCUT2D eigenvalue weighted by atomic mass is 10.0. The summed E-state index contributed by atoms with van der Waals surface area (Å²) in [7, 11) is -3.24. The van der Waals surface area contributed by atoms with Crippen LogP contribution in [0.4, 0.5) is 10.1 Å². The molecule has 0 aromatic heterocycles. The largest absolute Gasteiger partial charge is 0.457 e. The number of hydrogen-bond donors (Lipinski definition) is 0. The lowest BCUT2D eigenvalue weighted by Crippen LogP contribution is -2.36. The zero-order chi connectivity index (χ0) is 25.7. The minimum absolute atomic E-state index is 0.0869. The van der Waals surface area contributed by atoms with E-state index in [1.165, 1.54) is 6.26 Å². The highest BCUT2D eigenvalue weighted by molar-refractivity contribution is 7.90. The number of benzene rings is 3. The smallest absolute Gasteiger partial charge is 0.217 e. The van der Waals surface area contributed by atoms with E-state index in [1.54, 1.807) is 59.5 Å². The molecule has 1 saturated heterocycles. The van der Waals surface area contributed by atoms with Crippen LogP contribution in [0.15, 0.2) is 77.8 Å². The van der Waals surface area contributed by atoms with E-state index in [4.69, 9.17) is 16.3 Å². The second-order valence-corrected chi connectivity index (χ2v) is 11.1. The number of alkyl halides is 1. The zero-order valence-corrected chi connectivity index (χ0v) is 21.1. The lowest BCUT2D eigenvalue weighted by Gasteiger charge is -2.26. The fraction of sp³-hybridized carbons (Fsp3) is 0.231. The molecule has 1 aliphatic heterocycles. The summed E-state index contributed by atoms with van der Waals surface area (Å²) in [6.07, 6.45) is 3.01. The number of guanidine groups is 1. The maximum atomic E-state index is 13.4. The molecule has 0 bridgehead atoms. The minimum Gasteiger partial charge on any atom is -0.457 e. The molecule has 1 aliphatic rings. The molecule has 1 atom stereocenters. The van der Waals surface area contributed by atoms with Crippen molar-refractivity contribution in [2.24, 2.45) is 4.99 Å². The van der Waals surface area contributed by atoms with Crippen molar-refractivity contribution in [3.8, 4) is 17.7 Å². The molecule has 3 aromatic carbocycles. The van der Waals surface area contributed by atoms with Gasteiger partial charge in [-0.2, -0.15) is 5.26 Å². The Morgan fingerprint density at radius 3 is 2.39 bits per heavy atom. The van der Waals surface area contributed by atoms with Gasteiger partial charge >= 0.3 is 0 Å². The van der Waals surface area contributed by atoms with Crippen LogP contribution in [-0.4, -0.2) is 44.4 Å². The molecule has 1 heterocycles.